The molecule has 1 N–H and O–H groups in total. The molecule has 0 aliphatic rings. The first kappa shape index (κ1) is 17.1. The molecule has 0 spiro atoms. The van der Waals surface area contributed by atoms with Crippen LogP contribution in [0.2, 0.25) is 5.02 Å². The molecule has 3 rings (SSSR count). The van der Waals surface area contributed by atoms with Crippen molar-refractivity contribution in [1.82, 2.24) is 14.9 Å². The molecule has 0 aliphatic carbocycles. The summed E-state index contributed by atoms with van der Waals surface area (Å²) < 4.78 is 29.9. The molecule has 0 bridgehead atoms. The summed E-state index contributed by atoms with van der Waals surface area (Å²) in [5.41, 5.74) is 0.00985. The van der Waals surface area contributed by atoms with Gasteiger partial charge in [0.1, 0.15) is 23.5 Å². The molecular formula is C18H14ClF2N3O. The Morgan fingerprint density at radius 2 is 1.96 bits per heavy atom. The second-order valence-corrected chi connectivity index (χ2v) is 5.88. The molecule has 0 radical (unpaired) electrons. The first-order chi connectivity index (χ1) is 12.0. The Morgan fingerprint density at radius 1 is 1.20 bits per heavy atom. The fraction of sp³-hybridized carbons (Fsp3) is 0.111. The van der Waals surface area contributed by atoms with Gasteiger partial charge in [0, 0.05) is 30.0 Å². The van der Waals surface area contributed by atoms with Crippen LogP contribution in [0.3, 0.4) is 0 Å². The number of imidazole rings is 1. The highest BCUT2D eigenvalue weighted by atomic mass is 35.5. The Hall–Kier alpha value is -2.73. The van der Waals surface area contributed by atoms with Crippen molar-refractivity contribution in [2.75, 3.05) is 0 Å². The first-order valence-electron chi connectivity index (χ1n) is 7.45. The molecule has 0 saturated carbocycles. The topological polar surface area (TPSA) is 46.9 Å². The minimum atomic E-state index is -0.882. The quantitative estimate of drug-likeness (QED) is 0.766. The fourth-order valence-corrected chi connectivity index (χ4v) is 2.70. The molecule has 0 saturated heterocycles. The molecule has 1 aromatic heterocycles. The van der Waals surface area contributed by atoms with E-state index in [9.17, 15) is 13.6 Å². The highest BCUT2D eigenvalue weighted by Crippen LogP contribution is 2.24. The van der Waals surface area contributed by atoms with Crippen LogP contribution in [0.25, 0.3) is 0 Å². The van der Waals surface area contributed by atoms with Crippen LogP contribution in [0.4, 0.5) is 8.78 Å². The first-order valence-corrected chi connectivity index (χ1v) is 7.82. The van der Waals surface area contributed by atoms with Gasteiger partial charge in [0.15, 0.2) is 0 Å². The van der Waals surface area contributed by atoms with Crippen molar-refractivity contribution in [2.45, 2.75) is 6.04 Å². The number of carbonyl (C=O) groups is 1. The molecule has 1 heterocycles. The van der Waals surface area contributed by atoms with E-state index in [4.69, 9.17) is 11.6 Å². The maximum atomic E-state index is 14.3. The SMILES string of the molecule is Cn1ccnc1C(NC(=O)c1cc(Cl)ccc1F)c1ccccc1F. The van der Waals surface area contributed by atoms with Crippen LogP contribution in [0, 0.1) is 11.6 Å². The molecule has 1 unspecified atom stereocenters. The number of hydrogen-bond acceptors (Lipinski definition) is 2. The van der Waals surface area contributed by atoms with Gasteiger partial charge in [0.2, 0.25) is 0 Å². The van der Waals surface area contributed by atoms with Gasteiger partial charge < -0.3 is 9.88 Å². The van der Waals surface area contributed by atoms with Crippen LogP contribution >= 0.6 is 11.6 Å². The van der Waals surface area contributed by atoms with E-state index in [0.29, 0.717) is 5.82 Å². The van der Waals surface area contributed by atoms with Gasteiger partial charge >= 0.3 is 0 Å². The van der Waals surface area contributed by atoms with Gasteiger partial charge in [-0.3, -0.25) is 4.79 Å². The van der Waals surface area contributed by atoms with E-state index >= 15 is 0 Å². The van der Waals surface area contributed by atoms with Crippen LogP contribution in [0.15, 0.2) is 54.9 Å². The van der Waals surface area contributed by atoms with Crippen LogP contribution in [-0.2, 0) is 7.05 Å². The summed E-state index contributed by atoms with van der Waals surface area (Å²) in [7, 11) is 1.72. The summed E-state index contributed by atoms with van der Waals surface area (Å²) in [5.74, 6) is -1.51. The summed E-state index contributed by atoms with van der Waals surface area (Å²) in [6.07, 6.45) is 3.21. The molecule has 7 heteroatoms. The Bertz CT molecular complexity index is 926. The maximum absolute atomic E-state index is 14.3. The number of benzene rings is 2. The van der Waals surface area contributed by atoms with Gasteiger partial charge in [-0.2, -0.15) is 0 Å². The predicted molar refractivity (Wildman–Crippen MR) is 90.3 cm³/mol. The number of amides is 1. The third-order valence-corrected chi connectivity index (χ3v) is 4.02. The molecule has 2 aromatic carbocycles. The number of carbonyl (C=O) groups excluding carboxylic acids is 1. The average molecular weight is 362 g/mol. The standard InChI is InChI=1S/C18H14ClF2N3O/c1-24-9-8-22-17(24)16(12-4-2-3-5-14(12)20)23-18(25)13-10-11(19)6-7-15(13)21/h2-10,16H,1H3,(H,23,25). The lowest BCUT2D eigenvalue weighted by Crippen LogP contribution is -2.32. The van der Waals surface area contributed by atoms with Crippen LogP contribution in [0.1, 0.15) is 27.8 Å². The molecule has 128 valence electrons. The Kier molecular flexibility index (Phi) is 4.81. The van der Waals surface area contributed by atoms with Crippen LogP contribution in [0.5, 0.6) is 0 Å². The van der Waals surface area contributed by atoms with E-state index in [1.54, 1.807) is 36.0 Å². The van der Waals surface area contributed by atoms with Gasteiger partial charge in [-0.05, 0) is 24.3 Å². The van der Waals surface area contributed by atoms with Gasteiger partial charge in [0.25, 0.3) is 5.91 Å². The second-order valence-electron chi connectivity index (χ2n) is 5.45. The third-order valence-electron chi connectivity index (χ3n) is 3.78. The number of nitrogens with one attached hydrogen (secondary N) is 1. The summed E-state index contributed by atoms with van der Waals surface area (Å²) in [6.45, 7) is 0. The lowest BCUT2D eigenvalue weighted by molar-refractivity contribution is 0.0936. The second kappa shape index (κ2) is 7.03. The zero-order chi connectivity index (χ0) is 18.0. The Balaban J connectivity index is 2.01. The molecule has 1 amide bonds. The molecule has 0 fully saturated rings. The lowest BCUT2D eigenvalue weighted by Gasteiger charge is -2.20. The normalized spacial score (nSPS) is 12.0. The van der Waals surface area contributed by atoms with Crippen molar-refractivity contribution in [3.63, 3.8) is 0 Å². The number of nitrogens with zero attached hydrogens (tertiary/aromatic N) is 2. The number of halogens is 3. The minimum Gasteiger partial charge on any atom is -0.338 e. The highest BCUT2D eigenvalue weighted by Gasteiger charge is 2.25. The number of aryl methyl sites for hydroxylation is 1. The number of aromatic nitrogens is 2. The molecular weight excluding hydrogens is 348 g/mol. The summed E-state index contributed by atoms with van der Waals surface area (Å²) in [4.78, 5) is 16.7. The largest absolute Gasteiger partial charge is 0.338 e. The van der Waals surface area contributed by atoms with Crippen molar-refractivity contribution in [2.24, 2.45) is 7.05 Å². The van der Waals surface area contributed by atoms with E-state index in [-0.39, 0.29) is 16.1 Å². The van der Waals surface area contributed by atoms with Crippen LogP contribution < -0.4 is 5.32 Å². The molecule has 25 heavy (non-hydrogen) atoms. The predicted octanol–water partition coefficient (Wildman–Crippen LogP) is 3.87. The van der Waals surface area contributed by atoms with Crippen LogP contribution in [-0.4, -0.2) is 15.5 Å². The van der Waals surface area contributed by atoms with Gasteiger partial charge in [-0.25, -0.2) is 13.8 Å². The zero-order valence-electron chi connectivity index (χ0n) is 13.2. The van der Waals surface area contributed by atoms with E-state index < -0.39 is 23.6 Å². The van der Waals surface area contributed by atoms with E-state index in [1.165, 1.54) is 24.4 Å². The van der Waals surface area contributed by atoms with Crippen molar-refractivity contribution in [3.8, 4) is 0 Å². The van der Waals surface area contributed by atoms with Crippen molar-refractivity contribution < 1.29 is 13.6 Å². The van der Waals surface area contributed by atoms with Crippen molar-refractivity contribution >= 4 is 17.5 Å². The van der Waals surface area contributed by atoms with E-state index in [0.717, 1.165) is 6.07 Å². The molecule has 4 nitrogen and oxygen atoms in total. The highest BCUT2D eigenvalue weighted by molar-refractivity contribution is 6.31. The summed E-state index contributed by atoms with van der Waals surface area (Å²) >= 11 is 5.84. The zero-order valence-corrected chi connectivity index (χ0v) is 14.0. The van der Waals surface area contributed by atoms with Gasteiger partial charge in [0.05, 0.1) is 5.56 Å². The molecule has 1 atom stereocenters. The Labute approximate surface area is 148 Å². The van der Waals surface area contributed by atoms with E-state index in [2.05, 4.69) is 10.3 Å². The van der Waals surface area contributed by atoms with Crippen molar-refractivity contribution in [3.05, 3.63) is 88.5 Å². The maximum Gasteiger partial charge on any atom is 0.255 e. The smallest absolute Gasteiger partial charge is 0.255 e. The minimum absolute atomic E-state index is 0.219. The third kappa shape index (κ3) is 3.53. The number of rotatable bonds is 4. The van der Waals surface area contributed by atoms with Gasteiger partial charge in [-0.1, -0.05) is 29.8 Å². The molecule has 3 aromatic rings. The van der Waals surface area contributed by atoms with E-state index in [1.807, 2.05) is 0 Å². The van der Waals surface area contributed by atoms with Crippen molar-refractivity contribution in [1.29, 1.82) is 0 Å². The monoisotopic (exact) mass is 361 g/mol. The summed E-state index contributed by atoms with van der Waals surface area (Å²) in [5, 5.41) is 2.87. The lowest BCUT2D eigenvalue weighted by atomic mass is 10.0. The summed E-state index contributed by atoms with van der Waals surface area (Å²) in [6, 6.07) is 8.83. The average Bonchev–Trinajstić information content (AvgIpc) is 3.01. The van der Waals surface area contributed by atoms with Gasteiger partial charge in [-0.15, -0.1) is 0 Å². The number of hydrogen-bond donors (Lipinski definition) is 1. The molecule has 0 aliphatic heterocycles. The Morgan fingerprint density at radius 3 is 2.64 bits per heavy atom. The fourth-order valence-electron chi connectivity index (χ4n) is 2.53.